The largest absolute Gasteiger partial charge is 0.243 e. The maximum atomic E-state index is 2.26. The van der Waals surface area contributed by atoms with Crippen LogP contribution in [0.1, 0.15) is 0 Å². The zero-order valence-electron chi connectivity index (χ0n) is 9.81. The van der Waals surface area contributed by atoms with Crippen molar-refractivity contribution in [2.45, 2.75) is 13.1 Å². The minimum absolute atomic E-state index is 0.558. The summed E-state index contributed by atoms with van der Waals surface area (Å²) < 4.78 is 4.51. The van der Waals surface area contributed by atoms with Crippen LogP contribution in [0.2, 0.25) is 0 Å². The van der Waals surface area contributed by atoms with Gasteiger partial charge in [0.25, 0.3) is 0 Å². The monoisotopic (exact) mass is 225 g/mol. The summed E-state index contributed by atoms with van der Waals surface area (Å²) in [5.41, 5.74) is 0. The molecule has 0 atom stereocenters. The molecule has 1 aromatic rings. The Labute approximate surface area is 102 Å². The van der Waals surface area contributed by atoms with E-state index in [2.05, 4.69) is 76.5 Å². The molecule has 2 aliphatic rings. The molecule has 2 heteroatoms. The van der Waals surface area contributed by atoms with Gasteiger partial charge in [-0.3, -0.25) is 0 Å². The zero-order chi connectivity index (χ0) is 11.5. The summed E-state index contributed by atoms with van der Waals surface area (Å²) in [5, 5.41) is 0. The van der Waals surface area contributed by atoms with Crippen LogP contribution >= 0.6 is 0 Å². The molecule has 0 bridgehead atoms. The van der Waals surface area contributed by atoms with Gasteiger partial charge in [-0.1, -0.05) is 48.6 Å². The van der Waals surface area contributed by atoms with Gasteiger partial charge < -0.3 is 0 Å². The smallest absolute Gasteiger partial charge is 0.236 e. The molecule has 0 aliphatic heterocycles. The van der Waals surface area contributed by atoms with Crippen LogP contribution < -0.4 is 4.57 Å². The first-order chi connectivity index (χ1) is 8.40. The highest BCUT2D eigenvalue weighted by atomic mass is 15.1. The van der Waals surface area contributed by atoms with Crippen molar-refractivity contribution in [1.29, 1.82) is 0 Å². The van der Waals surface area contributed by atoms with Gasteiger partial charge in [0.1, 0.15) is 12.4 Å². The van der Waals surface area contributed by atoms with Crippen molar-refractivity contribution in [3.8, 4) is 0 Å². The van der Waals surface area contributed by atoms with E-state index < -0.39 is 0 Å². The highest BCUT2D eigenvalue weighted by Gasteiger charge is 2.12. The van der Waals surface area contributed by atoms with E-state index in [-0.39, 0.29) is 0 Å². The predicted molar refractivity (Wildman–Crippen MR) is 68.2 cm³/mol. The third-order valence-electron chi connectivity index (χ3n) is 3.24. The van der Waals surface area contributed by atoms with Gasteiger partial charge in [0, 0.05) is 11.8 Å². The lowest BCUT2D eigenvalue weighted by atomic mass is 10.2. The Morgan fingerprint density at radius 3 is 2.24 bits per heavy atom. The first-order valence-electron chi connectivity index (χ1n) is 6.15. The second-order valence-corrected chi connectivity index (χ2v) is 4.67. The van der Waals surface area contributed by atoms with Crippen LogP contribution in [0.15, 0.2) is 67.3 Å². The predicted octanol–water partition coefficient (Wildman–Crippen LogP) is 2.26. The molecule has 0 unspecified atom stereocenters. The van der Waals surface area contributed by atoms with Crippen molar-refractivity contribution in [2.75, 3.05) is 0 Å². The lowest BCUT2D eigenvalue weighted by molar-refractivity contribution is -0.699. The molecule has 2 nitrogen and oxygen atoms in total. The first kappa shape index (κ1) is 10.3. The zero-order valence-corrected chi connectivity index (χ0v) is 9.81. The molecule has 2 aliphatic carbocycles. The first-order valence-corrected chi connectivity index (χ1v) is 6.15. The van der Waals surface area contributed by atoms with E-state index in [1.807, 2.05) is 0 Å². The van der Waals surface area contributed by atoms with E-state index in [4.69, 9.17) is 0 Å². The van der Waals surface area contributed by atoms with E-state index in [0.717, 1.165) is 13.1 Å². The van der Waals surface area contributed by atoms with E-state index in [9.17, 15) is 0 Å². The van der Waals surface area contributed by atoms with Crippen LogP contribution in [0.4, 0.5) is 0 Å². The van der Waals surface area contributed by atoms with Gasteiger partial charge in [0.05, 0.1) is 13.1 Å². The topological polar surface area (TPSA) is 8.81 Å². The van der Waals surface area contributed by atoms with Gasteiger partial charge in [-0.2, -0.15) is 0 Å². The Kier molecular flexibility index (Phi) is 2.78. The summed E-state index contributed by atoms with van der Waals surface area (Å²) in [4.78, 5) is 0. The Morgan fingerprint density at radius 2 is 1.53 bits per heavy atom. The van der Waals surface area contributed by atoms with Gasteiger partial charge in [0.15, 0.2) is 0 Å². The molecule has 0 saturated heterocycles. The Bertz CT molecular complexity index is 434. The molecule has 0 radical (unpaired) electrons. The number of rotatable bonds is 4. The van der Waals surface area contributed by atoms with Crippen molar-refractivity contribution < 1.29 is 4.57 Å². The summed E-state index contributed by atoms with van der Waals surface area (Å²) in [7, 11) is 0. The average Bonchev–Trinajstić information content (AvgIpc) is 3.02. The second kappa shape index (κ2) is 4.58. The molecule has 17 heavy (non-hydrogen) atoms. The summed E-state index contributed by atoms with van der Waals surface area (Å²) in [5.74, 6) is 1.12. The lowest BCUT2D eigenvalue weighted by Gasteiger charge is -2.02. The van der Waals surface area contributed by atoms with Crippen molar-refractivity contribution in [3.63, 3.8) is 0 Å². The van der Waals surface area contributed by atoms with Crippen LogP contribution in [-0.4, -0.2) is 4.57 Å². The summed E-state index contributed by atoms with van der Waals surface area (Å²) in [6.07, 6.45) is 24.0. The molecule has 0 saturated carbocycles. The van der Waals surface area contributed by atoms with Gasteiger partial charge in [-0.05, 0) is 0 Å². The van der Waals surface area contributed by atoms with Crippen LogP contribution in [0.25, 0.3) is 0 Å². The normalized spacial score (nSPS) is 18.8. The maximum Gasteiger partial charge on any atom is 0.243 e. The number of imidazole rings is 1. The lowest BCUT2D eigenvalue weighted by Crippen LogP contribution is -2.34. The molecule has 86 valence electrons. The molecule has 0 N–H and O–H groups in total. The van der Waals surface area contributed by atoms with E-state index >= 15 is 0 Å². The van der Waals surface area contributed by atoms with Crippen LogP contribution in [0.5, 0.6) is 0 Å². The number of aromatic nitrogens is 2. The quantitative estimate of drug-likeness (QED) is 0.695. The number of allylic oxidation sites excluding steroid dienone is 8. The Morgan fingerprint density at radius 1 is 0.882 bits per heavy atom. The maximum absolute atomic E-state index is 2.26. The fraction of sp³-hybridized carbons (Fsp3) is 0.267. The van der Waals surface area contributed by atoms with Crippen molar-refractivity contribution in [2.24, 2.45) is 11.8 Å². The Balaban J connectivity index is 1.61. The molecular formula is C15H17N2+. The third kappa shape index (κ3) is 2.47. The van der Waals surface area contributed by atoms with E-state index in [0.29, 0.717) is 11.8 Å². The minimum Gasteiger partial charge on any atom is -0.236 e. The van der Waals surface area contributed by atoms with Crippen LogP contribution in [-0.2, 0) is 13.1 Å². The fourth-order valence-corrected chi connectivity index (χ4v) is 2.34. The number of hydrogen-bond donors (Lipinski definition) is 0. The SMILES string of the molecule is C1=CC(Cn2cc[n+](CC3C=CC=C3)c2)C=C1. The molecule has 1 heterocycles. The highest BCUT2D eigenvalue weighted by molar-refractivity contribution is 5.17. The Hall–Kier alpha value is -1.83. The molecule has 0 fully saturated rings. The minimum atomic E-state index is 0.558. The third-order valence-corrected chi connectivity index (χ3v) is 3.24. The van der Waals surface area contributed by atoms with Crippen LogP contribution in [0, 0.1) is 11.8 Å². The summed E-state index contributed by atoms with van der Waals surface area (Å²) in [6, 6.07) is 0. The molecular weight excluding hydrogens is 208 g/mol. The standard InChI is InChI=1S/C15H17N2/c1-2-6-14(5-1)11-16-9-10-17(13-16)12-15-7-3-4-8-15/h1-10,13-15H,11-12H2/q+1. The number of hydrogen-bond acceptors (Lipinski definition) is 0. The highest BCUT2D eigenvalue weighted by Crippen LogP contribution is 2.11. The average molecular weight is 225 g/mol. The van der Waals surface area contributed by atoms with E-state index in [1.165, 1.54) is 0 Å². The molecule has 1 aromatic heterocycles. The van der Waals surface area contributed by atoms with Gasteiger partial charge >= 0.3 is 0 Å². The van der Waals surface area contributed by atoms with Crippen molar-refractivity contribution >= 4 is 0 Å². The van der Waals surface area contributed by atoms with Gasteiger partial charge in [-0.25, -0.2) is 9.13 Å². The van der Waals surface area contributed by atoms with Crippen molar-refractivity contribution in [1.82, 2.24) is 4.57 Å². The number of nitrogens with zero attached hydrogens (tertiary/aromatic N) is 2. The molecule has 0 aromatic carbocycles. The molecule has 0 amide bonds. The molecule has 0 spiro atoms. The molecule has 3 rings (SSSR count). The van der Waals surface area contributed by atoms with Crippen molar-refractivity contribution in [3.05, 3.63) is 67.3 Å². The second-order valence-electron chi connectivity index (χ2n) is 4.67. The summed E-state index contributed by atoms with van der Waals surface area (Å²) in [6.45, 7) is 2.08. The van der Waals surface area contributed by atoms with Gasteiger partial charge in [0.2, 0.25) is 6.33 Å². The van der Waals surface area contributed by atoms with Crippen LogP contribution in [0.3, 0.4) is 0 Å². The summed E-state index contributed by atoms with van der Waals surface area (Å²) >= 11 is 0. The van der Waals surface area contributed by atoms with E-state index in [1.54, 1.807) is 0 Å². The van der Waals surface area contributed by atoms with Gasteiger partial charge in [-0.15, -0.1) is 0 Å². The fourth-order valence-electron chi connectivity index (χ4n) is 2.34.